The minimum absolute atomic E-state index is 0.0446. The summed E-state index contributed by atoms with van der Waals surface area (Å²) in [6, 6.07) is 7.13. The maximum absolute atomic E-state index is 12.5. The van der Waals surface area contributed by atoms with Crippen molar-refractivity contribution in [3.63, 3.8) is 0 Å². The third-order valence-electron chi connectivity index (χ3n) is 3.06. The van der Waals surface area contributed by atoms with Crippen LogP contribution in [0.3, 0.4) is 0 Å². The molecule has 0 unspecified atom stereocenters. The molecule has 0 saturated heterocycles. The van der Waals surface area contributed by atoms with E-state index in [1.165, 1.54) is 0 Å². The molecule has 18 heavy (non-hydrogen) atoms. The minimum Gasteiger partial charge on any atom is -0.497 e. The van der Waals surface area contributed by atoms with Crippen molar-refractivity contribution in [2.75, 3.05) is 7.11 Å². The molecule has 0 N–H and O–H groups in total. The number of ether oxygens (including phenoxy) is 1. The molecule has 4 nitrogen and oxygen atoms in total. The first-order chi connectivity index (χ1) is 8.55. The summed E-state index contributed by atoms with van der Waals surface area (Å²) < 4.78 is 6.89. The summed E-state index contributed by atoms with van der Waals surface area (Å²) in [7, 11) is 1.60. The van der Waals surface area contributed by atoms with Crippen LogP contribution >= 0.6 is 0 Å². The Morgan fingerprint density at radius 1 is 1.28 bits per heavy atom. The van der Waals surface area contributed by atoms with Gasteiger partial charge >= 0.3 is 0 Å². The fourth-order valence-corrected chi connectivity index (χ4v) is 1.80. The van der Waals surface area contributed by atoms with Crippen LogP contribution < -0.4 is 4.74 Å². The van der Waals surface area contributed by atoms with Crippen molar-refractivity contribution in [1.29, 1.82) is 0 Å². The molecule has 0 aliphatic rings. The third-order valence-corrected chi connectivity index (χ3v) is 3.06. The SMILES string of the molecule is COc1ccc(C(=O)C(C)(C)n2ccnc2)cc1. The molecule has 4 heteroatoms. The predicted molar refractivity (Wildman–Crippen MR) is 68.9 cm³/mol. The highest BCUT2D eigenvalue weighted by Gasteiger charge is 2.29. The fraction of sp³-hybridized carbons (Fsp3) is 0.286. The van der Waals surface area contributed by atoms with Crippen molar-refractivity contribution in [1.82, 2.24) is 9.55 Å². The molecule has 0 radical (unpaired) electrons. The van der Waals surface area contributed by atoms with Gasteiger partial charge in [0.25, 0.3) is 0 Å². The molecular weight excluding hydrogens is 228 g/mol. The summed E-state index contributed by atoms with van der Waals surface area (Å²) in [5, 5.41) is 0. The number of imidazole rings is 1. The average Bonchev–Trinajstić information content (AvgIpc) is 2.92. The predicted octanol–water partition coefficient (Wildman–Crippen LogP) is 2.51. The lowest BCUT2D eigenvalue weighted by Crippen LogP contribution is -2.35. The summed E-state index contributed by atoms with van der Waals surface area (Å²) in [4.78, 5) is 16.5. The Balaban J connectivity index is 2.30. The monoisotopic (exact) mass is 244 g/mol. The molecule has 2 rings (SSSR count). The van der Waals surface area contributed by atoms with Gasteiger partial charge in [-0.2, -0.15) is 0 Å². The minimum atomic E-state index is -0.648. The molecule has 1 aromatic heterocycles. The number of rotatable bonds is 4. The highest BCUT2D eigenvalue weighted by molar-refractivity contribution is 6.01. The van der Waals surface area contributed by atoms with Crippen molar-refractivity contribution >= 4 is 5.78 Å². The number of methoxy groups -OCH3 is 1. The van der Waals surface area contributed by atoms with Crippen molar-refractivity contribution in [3.05, 3.63) is 48.5 Å². The zero-order chi connectivity index (χ0) is 13.2. The van der Waals surface area contributed by atoms with Gasteiger partial charge in [-0.1, -0.05) is 0 Å². The quantitative estimate of drug-likeness (QED) is 0.776. The zero-order valence-corrected chi connectivity index (χ0v) is 10.8. The van der Waals surface area contributed by atoms with Gasteiger partial charge < -0.3 is 9.30 Å². The van der Waals surface area contributed by atoms with E-state index in [1.54, 1.807) is 54.7 Å². The van der Waals surface area contributed by atoms with Gasteiger partial charge in [0.2, 0.25) is 0 Å². The molecule has 1 heterocycles. The number of benzene rings is 1. The van der Waals surface area contributed by atoms with Gasteiger partial charge in [-0.05, 0) is 38.1 Å². The molecule has 0 fully saturated rings. The Hall–Kier alpha value is -2.10. The van der Waals surface area contributed by atoms with Crippen LogP contribution in [-0.4, -0.2) is 22.4 Å². The van der Waals surface area contributed by atoms with E-state index in [1.807, 2.05) is 13.8 Å². The van der Waals surface area contributed by atoms with E-state index >= 15 is 0 Å². The first kappa shape index (κ1) is 12.4. The smallest absolute Gasteiger partial charge is 0.188 e. The number of aromatic nitrogens is 2. The summed E-state index contributed by atoms with van der Waals surface area (Å²) in [5.74, 6) is 0.787. The first-order valence-corrected chi connectivity index (χ1v) is 5.73. The van der Waals surface area contributed by atoms with Gasteiger partial charge in [0, 0.05) is 18.0 Å². The van der Waals surface area contributed by atoms with Gasteiger partial charge in [-0.3, -0.25) is 4.79 Å². The lowest BCUT2D eigenvalue weighted by Gasteiger charge is -2.24. The highest BCUT2D eigenvalue weighted by atomic mass is 16.5. The van der Waals surface area contributed by atoms with Crippen molar-refractivity contribution in [3.8, 4) is 5.75 Å². The van der Waals surface area contributed by atoms with Crippen LogP contribution in [0.25, 0.3) is 0 Å². The first-order valence-electron chi connectivity index (χ1n) is 5.73. The molecular formula is C14H16N2O2. The van der Waals surface area contributed by atoms with Crippen molar-refractivity contribution in [2.24, 2.45) is 0 Å². The van der Waals surface area contributed by atoms with E-state index in [-0.39, 0.29) is 5.78 Å². The Kier molecular flexibility index (Phi) is 3.19. The summed E-state index contributed by atoms with van der Waals surface area (Å²) in [6.45, 7) is 3.75. The van der Waals surface area contributed by atoms with Crippen LogP contribution in [-0.2, 0) is 5.54 Å². The molecule has 0 atom stereocenters. The van der Waals surface area contributed by atoms with E-state index in [0.717, 1.165) is 5.75 Å². The van der Waals surface area contributed by atoms with Crippen molar-refractivity contribution in [2.45, 2.75) is 19.4 Å². The normalized spacial score (nSPS) is 11.3. The van der Waals surface area contributed by atoms with E-state index in [4.69, 9.17) is 4.74 Å². The number of hydrogen-bond donors (Lipinski definition) is 0. The molecule has 94 valence electrons. The van der Waals surface area contributed by atoms with E-state index in [9.17, 15) is 4.79 Å². The van der Waals surface area contributed by atoms with Crippen LogP contribution in [0.5, 0.6) is 5.75 Å². The lowest BCUT2D eigenvalue weighted by molar-refractivity contribution is 0.0847. The van der Waals surface area contributed by atoms with Crippen LogP contribution in [0.2, 0.25) is 0 Å². The van der Waals surface area contributed by atoms with Crippen LogP contribution in [0.1, 0.15) is 24.2 Å². The van der Waals surface area contributed by atoms with Gasteiger partial charge in [-0.25, -0.2) is 4.98 Å². The van der Waals surface area contributed by atoms with Gasteiger partial charge in [0.1, 0.15) is 11.3 Å². The molecule has 0 aliphatic carbocycles. The van der Waals surface area contributed by atoms with E-state index in [2.05, 4.69) is 4.98 Å². The number of carbonyl (C=O) groups excluding carboxylic acids is 1. The number of hydrogen-bond acceptors (Lipinski definition) is 3. The number of carbonyl (C=O) groups is 1. The summed E-state index contributed by atoms with van der Waals surface area (Å²) in [6.07, 6.45) is 5.12. The molecule has 2 aromatic rings. The Morgan fingerprint density at radius 3 is 2.44 bits per heavy atom. The molecule has 1 aromatic carbocycles. The second kappa shape index (κ2) is 4.64. The fourth-order valence-electron chi connectivity index (χ4n) is 1.80. The Bertz CT molecular complexity index is 527. The number of nitrogens with zero attached hydrogens (tertiary/aromatic N) is 2. The zero-order valence-electron chi connectivity index (χ0n) is 10.8. The second-order valence-corrected chi connectivity index (χ2v) is 4.59. The molecule has 0 amide bonds. The largest absolute Gasteiger partial charge is 0.497 e. The molecule has 0 saturated carbocycles. The average molecular weight is 244 g/mol. The molecule has 0 bridgehead atoms. The summed E-state index contributed by atoms with van der Waals surface area (Å²) in [5.41, 5.74) is 0.0138. The lowest BCUT2D eigenvalue weighted by atomic mass is 9.93. The van der Waals surface area contributed by atoms with E-state index < -0.39 is 5.54 Å². The number of Topliss-reactive ketones (excluding diaryl/α,β-unsaturated/α-hetero) is 1. The maximum Gasteiger partial charge on any atom is 0.188 e. The highest BCUT2D eigenvalue weighted by Crippen LogP contribution is 2.22. The molecule has 0 spiro atoms. The topological polar surface area (TPSA) is 44.1 Å². The molecule has 0 aliphatic heterocycles. The van der Waals surface area contributed by atoms with E-state index in [0.29, 0.717) is 5.56 Å². The van der Waals surface area contributed by atoms with Crippen LogP contribution in [0.4, 0.5) is 0 Å². The Morgan fingerprint density at radius 2 is 1.94 bits per heavy atom. The third kappa shape index (κ3) is 2.14. The van der Waals surface area contributed by atoms with Gasteiger partial charge in [0.15, 0.2) is 5.78 Å². The maximum atomic E-state index is 12.5. The Labute approximate surface area is 106 Å². The number of ketones is 1. The van der Waals surface area contributed by atoms with Crippen molar-refractivity contribution < 1.29 is 9.53 Å². The van der Waals surface area contributed by atoms with Crippen LogP contribution in [0.15, 0.2) is 43.0 Å². The second-order valence-electron chi connectivity index (χ2n) is 4.59. The van der Waals surface area contributed by atoms with Crippen LogP contribution in [0, 0.1) is 0 Å². The van der Waals surface area contributed by atoms with Gasteiger partial charge in [0.05, 0.1) is 13.4 Å². The van der Waals surface area contributed by atoms with Gasteiger partial charge in [-0.15, -0.1) is 0 Å². The standard InChI is InChI=1S/C14H16N2O2/c1-14(2,16-9-8-15-10-16)13(17)11-4-6-12(18-3)7-5-11/h4-10H,1-3H3. The summed E-state index contributed by atoms with van der Waals surface area (Å²) >= 11 is 0.